The van der Waals surface area contributed by atoms with Gasteiger partial charge in [0, 0.05) is 32.2 Å². The molecule has 0 bridgehead atoms. The molecule has 116 valence electrons. The third kappa shape index (κ3) is 5.32. The van der Waals surface area contributed by atoms with Crippen LogP contribution in [0.5, 0.6) is 5.75 Å². The summed E-state index contributed by atoms with van der Waals surface area (Å²) in [5.74, 6) is -0.231. The maximum absolute atomic E-state index is 13.0. The second kappa shape index (κ2) is 7.95. The highest BCUT2D eigenvalue weighted by atomic mass is 19.1. The molecule has 2 rings (SSSR count). The maximum atomic E-state index is 13.0. The van der Waals surface area contributed by atoms with Gasteiger partial charge < -0.3 is 14.8 Å². The van der Waals surface area contributed by atoms with Crippen molar-refractivity contribution in [1.82, 2.24) is 10.2 Å². The van der Waals surface area contributed by atoms with Gasteiger partial charge in [0.05, 0.1) is 13.2 Å². The van der Waals surface area contributed by atoms with Crippen LogP contribution in [0.3, 0.4) is 0 Å². The van der Waals surface area contributed by atoms with Crippen molar-refractivity contribution >= 4 is 5.91 Å². The molecule has 5 nitrogen and oxygen atoms in total. The predicted octanol–water partition coefficient (Wildman–Crippen LogP) is 1.04. The first-order valence-corrected chi connectivity index (χ1v) is 7.15. The summed E-state index contributed by atoms with van der Waals surface area (Å²) in [5, 5.41) is 2.82. The average Bonchev–Trinajstić information content (AvgIpc) is 2.48. The molecule has 0 aliphatic carbocycles. The van der Waals surface area contributed by atoms with Gasteiger partial charge in [-0.15, -0.1) is 0 Å². The molecule has 6 heteroatoms. The number of carbonyl (C=O) groups is 1. The van der Waals surface area contributed by atoms with Crippen LogP contribution < -0.4 is 10.1 Å². The monoisotopic (exact) mass is 296 g/mol. The molecule has 21 heavy (non-hydrogen) atoms. The first kappa shape index (κ1) is 15.7. The summed E-state index contributed by atoms with van der Waals surface area (Å²) in [6.45, 7) is 6.28. The van der Waals surface area contributed by atoms with E-state index in [1.807, 2.05) is 0 Å². The van der Waals surface area contributed by atoms with Crippen LogP contribution in [0.25, 0.3) is 0 Å². The molecule has 1 unspecified atom stereocenters. The van der Waals surface area contributed by atoms with Crippen LogP contribution in [0.2, 0.25) is 0 Å². The molecule has 0 aromatic heterocycles. The van der Waals surface area contributed by atoms with E-state index in [2.05, 4.69) is 10.2 Å². The zero-order valence-electron chi connectivity index (χ0n) is 12.2. The van der Waals surface area contributed by atoms with E-state index in [4.69, 9.17) is 9.47 Å². The highest BCUT2D eigenvalue weighted by Gasteiger charge is 2.15. The van der Waals surface area contributed by atoms with E-state index >= 15 is 0 Å². The van der Waals surface area contributed by atoms with E-state index in [9.17, 15) is 9.18 Å². The summed E-state index contributed by atoms with van der Waals surface area (Å²) in [5.41, 5.74) is 0. The number of halogens is 1. The second-order valence-electron chi connectivity index (χ2n) is 4.96. The number of hydrogen-bond acceptors (Lipinski definition) is 4. The molecule has 1 saturated heterocycles. The van der Waals surface area contributed by atoms with E-state index in [1.54, 1.807) is 19.1 Å². The summed E-state index contributed by atoms with van der Waals surface area (Å²) in [4.78, 5) is 14.1. The summed E-state index contributed by atoms with van der Waals surface area (Å²) >= 11 is 0. The number of hydrogen-bond donors (Lipinski definition) is 1. The second-order valence-corrected chi connectivity index (χ2v) is 4.96. The summed E-state index contributed by atoms with van der Waals surface area (Å²) in [6, 6.07) is 5.77. The first-order valence-electron chi connectivity index (χ1n) is 7.15. The van der Waals surface area contributed by atoms with Crippen LogP contribution in [-0.4, -0.2) is 56.3 Å². The van der Waals surface area contributed by atoms with Crippen molar-refractivity contribution in [1.29, 1.82) is 0 Å². The Balaban J connectivity index is 1.69. The van der Waals surface area contributed by atoms with E-state index in [0.717, 1.165) is 32.8 Å². The third-order valence-electron chi connectivity index (χ3n) is 3.31. The van der Waals surface area contributed by atoms with Gasteiger partial charge in [-0.25, -0.2) is 4.39 Å². The van der Waals surface area contributed by atoms with E-state index < -0.39 is 6.10 Å². The zero-order valence-corrected chi connectivity index (χ0v) is 12.2. The largest absolute Gasteiger partial charge is 0.481 e. The van der Waals surface area contributed by atoms with Gasteiger partial charge in [-0.3, -0.25) is 9.69 Å². The number of nitrogens with zero attached hydrogens (tertiary/aromatic N) is 1. The minimum Gasteiger partial charge on any atom is -0.481 e. The van der Waals surface area contributed by atoms with Gasteiger partial charge in [-0.05, 0) is 19.1 Å². The number of rotatable bonds is 6. The van der Waals surface area contributed by atoms with Crippen molar-refractivity contribution in [2.45, 2.75) is 13.0 Å². The van der Waals surface area contributed by atoms with Gasteiger partial charge in [0.2, 0.25) is 0 Å². The summed E-state index contributed by atoms with van der Waals surface area (Å²) < 4.78 is 23.7. The molecule has 1 heterocycles. The topological polar surface area (TPSA) is 50.8 Å². The molecule has 0 spiro atoms. The van der Waals surface area contributed by atoms with E-state index in [1.165, 1.54) is 12.1 Å². The molecular weight excluding hydrogens is 275 g/mol. The molecule has 0 saturated carbocycles. The minimum atomic E-state index is -0.656. The van der Waals surface area contributed by atoms with Crippen molar-refractivity contribution in [3.63, 3.8) is 0 Å². The van der Waals surface area contributed by atoms with Crippen molar-refractivity contribution in [2.24, 2.45) is 0 Å². The Labute approximate surface area is 124 Å². The smallest absolute Gasteiger partial charge is 0.260 e. The lowest BCUT2D eigenvalue weighted by atomic mass is 10.3. The van der Waals surface area contributed by atoms with Gasteiger partial charge in [0.1, 0.15) is 11.6 Å². The van der Waals surface area contributed by atoms with Crippen molar-refractivity contribution in [3.05, 3.63) is 30.1 Å². The quantitative estimate of drug-likeness (QED) is 0.852. The highest BCUT2D eigenvalue weighted by Crippen LogP contribution is 2.13. The third-order valence-corrected chi connectivity index (χ3v) is 3.31. The average molecular weight is 296 g/mol. The normalized spacial score (nSPS) is 17.2. The van der Waals surface area contributed by atoms with Crippen LogP contribution in [0.15, 0.2) is 24.3 Å². The number of ether oxygens (including phenoxy) is 2. The van der Waals surface area contributed by atoms with E-state index in [0.29, 0.717) is 12.3 Å². The lowest BCUT2D eigenvalue weighted by molar-refractivity contribution is -0.127. The fourth-order valence-electron chi connectivity index (χ4n) is 2.10. The Kier molecular flexibility index (Phi) is 5.95. The fraction of sp³-hybridized carbons (Fsp3) is 0.533. The van der Waals surface area contributed by atoms with Gasteiger partial charge in [-0.1, -0.05) is 6.07 Å². The number of amides is 1. The molecular formula is C15H21FN2O3. The SMILES string of the molecule is CC(Oc1cccc(F)c1)C(=O)NCCN1CCOCC1. The maximum Gasteiger partial charge on any atom is 0.260 e. The van der Waals surface area contributed by atoms with Crippen LogP contribution in [0.4, 0.5) is 4.39 Å². The zero-order chi connectivity index (χ0) is 15.1. The number of morpholine rings is 1. The Bertz CT molecular complexity index is 464. The first-order chi connectivity index (χ1) is 10.1. The van der Waals surface area contributed by atoms with Crippen LogP contribution >= 0.6 is 0 Å². The molecule has 1 aliphatic rings. The molecule has 1 aromatic rings. The van der Waals surface area contributed by atoms with Gasteiger partial charge in [0.25, 0.3) is 5.91 Å². The molecule has 1 aromatic carbocycles. The Morgan fingerprint density at radius 1 is 1.48 bits per heavy atom. The molecule has 1 aliphatic heterocycles. The van der Waals surface area contributed by atoms with Crippen molar-refractivity contribution in [2.75, 3.05) is 39.4 Å². The number of carbonyl (C=O) groups excluding carboxylic acids is 1. The highest BCUT2D eigenvalue weighted by molar-refractivity contribution is 5.80. The number of benzene rings is 1. The molecule has 0 radical (unpaired) electrons. The lowest BCUT2D eigenvalue weighted by Gasteiger charge is -2.26. The van der Waals surface area contributed by atoms with Crippen LogP contribution in [0.1, 0.15) is 6.92 Å². The Morgan fingerprint density at radius 2 is 2.24 bits per heavy atom. The van der Waals surface area contributed by atoms with Gasteiger partial charge >= 0.3 is 0 Å². The van der Waals surface area contributed by atoms with Crippen LogP contribution in [-0.2, 0) is 9.53 Å². The van der Waals surface area contributed by atoms with Crippen molar-refractivity contribution < 1.29 is 18.7 Å². The Morgan fingerprint density at radius 3 is 2.95 bits per heavy atom. The lowest BCUT2D eigenvalue weighted by Crippen LogP contribution is -2.43. The summed E-state index contributed by atoms with van der Waals surface area (Å²) in [6.07, 6.45) is -0.656. The standard InChI is InChI=1S/C15H21FN2O3/c1-12(21-14-4-2-3-13(16)11-14)15(19)17-5-6-18-7-9-20-10-8-18/h2-4,11-12H,5-10H2,1H3,(H,17,19). The van der Waals surface area contributed by atoms with Gasteiger partial charge in [0.15, 0.2) is 6.10 Å². The molecule has 1 fully saturated rings. The predicted molar refractivity (Wildman–Crippen MR) is 76.8 cm³/mol. The minimum absolute atomic E-state index is 0.201. The van der Waals surface area contributed by atoms with Crippen molar-refractivity contribution in [3.8, 4) is 5.75 Å². The molecule has 1 N–H and O–H groups in total. The van der Waals surface area contributed by atoms with Crippen LogP contribution in [0, 0.1) is 5.82 Å². The fourth-order valence-corrected chi connectivity index (χ4v) is 2.10. The van der Waals surface area contributed by atoms with E-state index in [-0.39, 0.29) is 11.7 Å². The number of nitrogens with one attached hydrogen (secondary N) is 1. The molecule has 1 atom stereocenters. The van der Waals surface area contributed by atoms with Gasteiger partial charge in [-0.2, -0.15) is 0 Å². The molecule has 1 amide bonds. The summed E-state index contributed by atoms with van der Waals surface area (Å²) in [7, 11) is 0. The Hall–Kier alpha value is -1.66.